The molecule has 0 saturated carbocycles. The molecular formula is C14H15ClN2O2. The third-order valence-corrected chi connectivity index (χ3v) is 2.65. The van der Waals surface area contributed by atoms with E-state index in [2.05, 4.69) is 16.9 Å². The molecule has 1 aromatic heterocycles. The van der Waals surface area contributed by atoms with E-state index in [0.717, 1.165) is 17.7 Å². The zero-order chi connectivity index (χ0) is 13.5. The Morgan fingerprint density at radius 2 is 1.68 bits per heavy atom. The van der Waals surface area contributed by atoms with Crippen molar-refractivity contribution in [3.8, 4) is 17.5 Å². The van der Waals surface area contributed by atoms with Crippen LogP contribution in [0.1, 0.15) is 18.9 Å². The van der Waals surface area contributed by atoms with Gasteiger partial charge in [0, 0.05) is 18.0 Å². The second-order valence-corrected chi connectivity index (χ2v) is 4.20. The third kappa shape index (κ3) is 4.10. The first-order valence-corrected chi connectivity index (χ1v) is 6.63. The number of rotatable bonds is 6. The molecule has 0 aliphatic heterocycles. The number of nitrogens with zero attached hydrogens (tertiary/aromatic N) is 2. The van der Waals surface area contributed by atoms with Crippen LogP contribution in [0.5, 0.6) is 17.5 Å². The van der Waals surface area contributed by atoms with Gasteiger partial charge in [0.1, 0.15) is 11.5 Å². The highest BCUT2D eigenvalue weighted by Crippen LogP contribution is 2.21. The zero-order valence-electron chi connectivity index (χ0n) is 10.7. The molecule has 0 unspecified atom stereocenters. The molecule has 0 N–H and O–H groups in total. The number of ether oxygens (including phenoxy) is 2. The fourth-order valence-electron chi connectivity index (χ4n) is 1.39. The first kappa shape index (κ1) is 13.6. The van der Waals surface area contributed by atoms with Crippen molar-refractivity contribution in [2.75, 3.05) is 6.61 Å². The molecule has 100 valence electrons. The second kappa shape index (κ2) is 6.95. The molecule has 0 saturated heterocycles. The number of alkyl halides is 1. The van der Waals surface area contributed by atoms with Crippen LogP contribution < -0.4 is 9.47 Å². The molecule has 1 heterocycles. The molecule has 1 aromatic carbocycles. The van der Waals surface area contributed by atoms with E-state index in [4.69, 9.17) is 21.1 Å². The van der Waals surface area contributed by atoms with Gasteiger partial charge >= 0.3 is 6.01 Å². The van der Waals surface area contributed by atoms with Crippen molar-refractivity contribution < 1.29 is 9.47 Å². The Morgan fingerprint density at radius 1 is 1.05 bits per heavy atom. The van der Waals surface area contributed by atoms with E-state index in [1.54, 1.807) is 12.4 Å². The molecule has 5 heteroatoms. The highest BCUT2D eigenvalue weighted by atomic mass is 35.5. The Labute approximate surface area is 117 Å². The van der Waals surface area contributed by atoms with Crippen molar-refractivity contribution in [3.05, 3.63) is 42.2 Å². The summed E-state index contributed by atoms with van der Waals surface area (Å²) >= 11 is 5.66. The van der Waals surface area contributed by atoms with E-state index < -0.39 is 0 Å². The van der Waals surface area contributed by atoms with Gasteiger partial charge in [-0.3, -0.25) is 0 Å². The summed E-state index contributed by atoms with van der Waals surface area (Å²) in [7, 11) is 0. The summed E-state index contributed by atoms with van der Waals surface area (Å²) in [6, 6.07) is 7.67. The van der Waals surface area contributed by atoms with Crippen LogP contribution in [0, 0.1) is 0 Å². The third-order valence-electron chi connectivity index (χ3n) is 2.34. The first-order valence-electron chi connectivity index (χ1n) is 6.09. The molecule has 2 aromatic rings. The van der Waals surface area contributed by atoms with Gasteiger partial charge in [-0.1, -0.05) is 6.92 Å². The van der Waals surface area contributed by atoms with Crippen molar-refractivity contribution in [1.82, 2.24) is 9.97 Å². The van der Waals surface area contributed by atoms with Crippen LogP contribution in [0.25, 0.3) is 0 Å². The average molecular weight is 279 g/mol. The van der Waals surface area contributed by atoms with Crippen molar-refractivity contribution in [2.24, 2.45) is 0 Å². The lowest BCUT2D eigenvalue weighted by molar-refractivity contribution is 0.317. The second-order valence-electron chi connectivity index (χ2n) is 3.93. The zero-order valence-corrected chi connectivity index (χ0v) is 11.4. The summed E-state index contributed by atoms with van der Waals surface area (Å²) < 4.78 is 11.0. The van der Waals surface area contributed by atoms with E-state index in [-0.39, 0.29) is 0 Å². The molecule has 0 fully saturated rings. The number of benzene rings is 1. The van der Waals surface area contributed by atoms with Crippen LogP contribution in [0.2, 0.25) is 0 Å². The SMILES string of the molecule is CCCOc1ccc(Oc2ncc(CCl)cn2)cc1. The Balaban J connectivity index is 1.98. The lowest BCUT2D eigenvalue weighted by Crippen LogP contribution is -1.95. The molecule has 0 spiro atoms. The molecular weight excluding hydrogens is 264 g/mol. The minimum atomic E-state index is 0.302. The number of hydrogen-bond donors (Lipinski definition) is 0. The maximum absolute atomic E-state index is 5.66. The minimum Gasteiger partial charge on any atom is -0.494 e. The highest BCUT2D eigenvalue weighted by Gasteiger charge is 2.01. The minimum absolute atomic E-state index is 0.302. The smallest absolute Gasteiger partial charge is 0.321 e. The van der Waals surface area contributed by atoms with Gasteiger partial charge < -0.3 is 9.47 Å². The van der Waals surface area contributed by atoms with Crippen LogP contribution in [0.4, 0.5) is 0 Å². The van der Waals surface area contributed by atoms with Crippen LogP contribution in [0.15, 0.2) is 36.7 Å². The topological polar surface area (TPSA) is 44.2 Å². The van der Waals surface area contributed by atoms with Gasteiger partial charge in [-0.25, -0.2) is 9.97 Å². The fraction of sp³-hybridized carbons (Fsp3) is 0.286. The summed E-state index contributed by atoms with van der Waals surface area (Å²) in [5, 5.41) is 0. The van der Waals surface area contributed by atoms with Gasteiger partial charge in [0.25, 0.3) is 0 Å². The molecule has 2 rings (SSSR count). The van der Waals surface area contributed by atoms with E-state index in [1.165, 1.54) is 0 Å². The highest BCUT2D eigenvalue weighted by molar-refractivity contribution is 6.17. The normalized spacial score (nSPS) is 10.2. The summed E-state index contributed by atoms with van der Waals surface area (Å²) in [6.07, 6.45) is 4.28. The number of hydrogen-bond acceptors (Lipinski definition) is 4. The molecule has 19 heavy (non-hydrogen) atoms. The maximum atomic E-state index is 5.66. The van der Waals surface area contributed by atoms with E-state index >= 15 is 0 Å². The Kier molecular flexibility index (Phi) is 4.98. The predicted octanol–water partition coefficient (Wildman–Crippen LogP) is 3.80. The molecule has 0 aliphatic carbocycles. The lowest BCUT2D eigenvalue weighted by Gasteiger charge is -2.06. The van der Waals surface area contributed by atoms with Gasteiger partial charge in [-0.15, -0.1) is 11.6 Å². The van der Waals surface area contributed by atoms with Crippen molar-refractivity contribution in [1.29, 1.82) is 0 Å². The number of halogens is 1. The molecule has 0 amide bonds. The van der Waals surface area contributed by atoms with Crippen LogP contribution in [-0.4, -0.2) is 16.6 Å². The predicted molar refractivity (Wildman–Crippen MR) is 73.9 cm³/mol. The molecule has 0 radical (unpaired) electrons. The largest absolute Gasteiger partial charge is 0.494 e. The van der Waals surface area contributed by atoms with Crippen molar-refractivity contribution >= 4 is 11.6 Å². The Morgan fingerprint density at radius 3 is 2.26 bits per heavy atom. The van der Waals surface area contributed by atoms with Gasteiger partial charge in [0.2, 0.25) is 0 Å². The van der Waals surface area contributed by atoms with Gasteiger partial charge in [0.05, 0.1) is 12.5 Å². The average Bonchev–Trinajstić information content (AvgIpc) is 2.47. The standard InChI is InChI=1S/C14H15ClN2O2/c1-2-7-18-12-3-5-13(6-4-12)19-14-16-9-11(8-15)10-17-14/h3-6,9-10H,2,7-8H2,1H3. The van der Waals surface area contributed by atoms with Crippen LogP contribution in [0.3, 0.4) is 0 Å². The van der Waals surface area contributed by atoms with Crippen LogP contribution in [-0.2, 0) is 5.88 Å². The van der Waals surface area contributed by atoms with E-state index in [9.17, 15) is 0 Å². The summed E-state index contributed by atoms with van der Waals surface area (Å²) in [6.45, 7) is 2.78. The summed E-state index contributed by atoms with van der Waals surface area (Å²) in [5.41, 5.74) is 0.859. The Hall–Kier alpha value is -1.81. The van der Waals surface area contributed by atoms with Gasteiger partial charge in [0.15, 0.2) is 0 Å². The monoisotopic (exact) mass is 278 g/mol. The first-order chi connectivity index (χ1) is 9.31. The van der Waals surface area contributed by atoms with Crippen molar-refractivity contribution in [2.45, 2.75) is 19.2 Å². The van der Waals surface area contributed by atoms with Gasteiger partial charge in [-0.05, 0) is 30.7 Å². The maximum Gasteiger partial charge on any atom is 0.321 e. The molecule has 0 aliphatic rings. The fourth-order valence-corrected chi connectivity index (χ4v) is 1.53. The Bertz CT molecular complexity index is 500. The molecule has 4 nitrogen and oxygen atoms in total. The molecule has 0 bridgehead atoms. The quantitative estimate of drug-likeness (QED) is 0.754. The van der Waals surface area contributed by atoms with E-state index in [1.807, 2.05) is 24.3 Å². The summed E-state index contributed by atoms with van der Waals surface area (Å²) in [5.74, 6) is 1.89. The van der Waals surface area contributed by atoms with Crippen LogP contribution >= 0.6 is 11.6 Å². The van der Waals surface area contributed by atoms with E-state index in [0.29, 0.717) is 24.2 Å². The lowest BCUT2D eigenvalue weighted by atomic mass is 10.3. The number of aromatic nitrogens is 2. The summed E-state index contributed by atoms with van der Waals surface area (Å²) in [4.78, 5) is 8.14. The van der Waals surface area contributed by atoms with Gasteiger partial charge in [-0.2, -0.15) is 0 Å². The van der Waals surface area contributed by atoms with Crippen molar-refractivity contribution in [3.63, 3.8) is 0 Å². The molecule has 0 atom stereocenters.